The van der Waals surface area contributed by atoms with Gasteiger partial charge in [-0.25, -0.2) is 4.90 Å². The number of hydrogen-bond donors (Lipinski definition) is 0. The maximum absolute atomic E-state index is 12.9. The number of imide groups is 1. The Bertz CT molecular complexity index is 836. The minimum atomic E-state index is -0.136. The smallest absolute Gasteiger partial charge is 0.261 e. The summed E-state index contributed by atoms with van der Waals surface area (Å²) in [6, 6.07) is 4.04. The third kappa shape index (κ3) is 2.66. The van der Waals surface area contributed by atoms with Gasteiger partial charge in [0.25, 0.3) is 11.8 Å². The SMILES string of the molecule is Cc1cc2c(cc1N1C(=O)C3=C(CCCC3)C1=O)C(=NOC(C)C)CC2. The van der Waals surface area contributed by atoms with Gasteiger partial charge < -0.3 is 4.84 Å². The van der Waals surface area contributed by atoms with Crippen LogP contribution in [-0.4, -0.2) is 23.6 Å². The van der Waals surface area contributed by atoms with E-state index in [2.05, 4.69) is 11.2 Å². The van der Waals surface area contributed by atoms with Crippen molar-refractivity contribution in [1.82, 2.24) is 0 Å². The zero-order chi connectivity index (χ0) is 18.4. The van der Waals surface area contributed by atoms with Gasteiger partial charge in [-0.1, -0.05) is 11.2 Å². The van der Waals surface area contributed by atoms with Gasteiger partial charge >= 0.3 is 0 Å². The molecule has 2 aliphatic carbocycles. The van der Waals surface area contributed by atoms with Crippen LogP contribution in [0.4, 0.5) is 5.69 Å². The van der Waals surface area contributed by atoms with E-state index in [1.807, 2.05) is 26.8 Å². The Morgan fingerprint density at radius 1 is 1.00 bits per heavy atom. The number of oxime groups is 1. The second-order valence-corrected chi connectivity index (χ2v) is 7.60. The molecule has 0 fully saturated rings. The molecule has 3 aliphatic rings. The largest absolute Gasteiger partial charge is 0.393 e. The van der Waals surface area contributed by atoms with Crippen LogP contribution in [0, 0.1) is 6.92 Å². The molecular formula is C21H24N2O3. The van der Waals surface area contributed by atoms with Crippen LogP contribution in [0.15, 0.2) is 28.4 Å². The van der Waals surface area contributed by atoms with E-state index in [0.717, 1.165) is 66.5 Å². The molecule has 0 aromatic heterocycles. The van der Waals surface area contributed by atoms with Crippen molar-refractivity contribution >= 4 is 23.2 Å². The topological polar surface area (TPSA) is 59.0 Å². The van der Waals surface area contributed by atoms with Crippen LogP contribution in [0.2, 0.25) is 0 Å². The van der Waals surface area contributed by atoms with Crippen LogP contribution >= 0.6 is 0 Å². The van der Waals surface area contributed by atoms with Crippen molar-refractivity contribution in [1.29, 1.82) is 0 Å². The second kappa shape index (κ2) is 6.38. The first-order chi connectivity index (χ1) is 12.5. The first kappa shape index (κ1) is 17.0. The number of carbonyl (C=O) groups is 2. The molecule has 0 spiro atoms. The number of benzene rings is 1. The average molecular weight is 352 g/mol. The monoisotopic (exact) mass is 352 g/mol. The fourth-order valence-corrected chi connectivity index (χ4v) is 4.08. The minimum Gasteiger partial charge on any atom is -0.393 e. The van der Waals surface area contributed by atoms with Crippen LogP contribution in [0.3, 0.4) is 0 Å². The molecule has 0 bridgehead atoms. The van der Waals surface area contributed by atoms with E-state index < -0.39 is 0 Å². The summed E-state index contributed by atoms with van der Waals surface area (Å²) in [4.78, 5) is 32.6. The third-order valence-electron chi connectivity index (χ3n) is 5.37. The molecule has 5 nitrogen and oxygen atoms in total. The zero-order valence-corrected chi connectivity index (χ0v) is 15.6. The number of carbonyl (C=O) groups excluding carboxylic acids is 2. The number of aryl methyl sites for hydroxylation is 2. The van der Waals surface area contributed by atoms with Crippen molar-refractivity contribution in [2.75, 3.05) is 4.90 Å². The quantitative estimate of drug-likeness (QED) is 0.614. The van der Waals surface area contributed by atoms with Gasteiger partial charge in [-0.2, -0.15) is 0 Å². The Labute approximate surface area is 153 Å². The lowest BCUT2D eigenvalue weighted by atomic mass is 9.93. The highest BCUT2D eigenvalue weighted by Crippen LogP contribution is 2.38. The van der Waals surface area contributed by atoms with Crippen molar-refractivity contribution in [3.05, 3.63) is 40.0 Å². The molecule has 0 N–H and O–H groups in total. The number of hydrogen-bond acceptors (Lipinski definition) is 4. The van der Waals surface area contributed by atoms with Gasteiger partial charge in [-0.05, 0) is 76.5 Å². The number of amides is 2. The molecule has 5 heteroatoms. The van der Waals surface area contributed by atoms with E-state index in [-0.39, 0.29) is 17.9 Å². The van der Waals surface area contributed by atoms with E-state index in [0.29, 0.717) is 5.69 Å². The highest BCUT2D eigenvalue weighted by Gasteiger charge is 2.40. The van der Waals surface area contributed by atoms with Crippen LogP contribution in [0.25, 0.3) is 0 Å². The molecule has 2 amide bonds. The molecule has 1 heterocycles. The van der Waals surface area contributed by atoms with Gasteiger partial charge in [0.05, 0.1) is 11.4 Å². The molecule has 1 aliphatic heterocycles. The Kier molecular flexibility index (Phi) is 4.17. The fourth-order valence-electron chi connectivity index (χ4n) is 4.08. The summed E-state index contributed by atoms with van der Waals surface area (Å²) < 4.78 is 0. The van der Waals surface area contributed by atoms with Crippen LogP contribution < -0.4 is 4.90 Å². The van der Waals surface area contributed by atoms with Crippen molar-refractivity contribution in [3.8, 4) is 0 Å². The molecule has 0 radical (unpaired) electrons. The molecule has 1 aromatic carbocycles. The van der Waals surface area contributed by atoms with Crippen LogP contribution in [0.5, 0.6) is 0 Å². The van der Waals surface area contributed by atoms with E-state index in [4.69, 9.17) is 4.84 Å². The first-order valence-corrected chi connectivity index (χ1v) is 9.44. The van der Waals surface area contributed by atoms with Gasteiger partial charge in [0.15, 0.2) is 0 Å². The lowest BCUT2D eigenvalue weighted by Crippen LogP contribution is -2.32. The van der Waals surface area contributed by atoms with Crippen LogP contribution in [-0.2, 0) is 20.8 Å². The molecule has 0 saturated heterocycles. The molecule has 136 valence electrons. The van der Waals surface area contributed by atoms with E-state index in [9.17, 15) is 9.59 Å². The summed E-state index contributed by atoms with van der Waals surface area (Å²) in [6.45, 7) is 5.85. The highest BCUT2D eigenvalue weighted by molar-refractivity contribution is 6.33. The third-order valence-corrected chi connectivity index (χ3v) is 5.37. The minimum absolute atomic E-state index is 0.0223. The number of rotatable bonds is 3. The second-order valence-electron chi connectivity index (χ2n) is 7.60. The van der Waals surface area contributed by atoms with Crippen molar-refractivity contribution in [2.45, 2.75) is 65.4 Å². The summed E-state index contributed by atoms with van der Waals surface area (Å²) in [7, 11) is 0. The van der Waals surface area contributed by atoms with Gasteiger partial charge in [0.2, 0.25) is 0 Å². The highest BCUT2D eigenvalue weighted by atomic mass is 16.6. The predicted octanol–water partition coefficient (Wildman–Crippen LogP) is 3.81. The standard InChI is InChI=1S/C21H24N2O3/c1-12(2)26-22-18-9-8-14-10-13(3)19(11-17(14)18)23-20(24)15-6-4-5-7-16(15)21(23)25/h10-12H,4-9H2,1-3H3. The Morgan fingerprint density at radius 3 is 2.27 bits per heavy atom. The van der Waals surface area contributed by atoms with Gasteiger partial charge in [-0.15, -0.1) is 0 Å². The maximum atomic E-state index is 12.9. The Hall–Kier alpha value is -2.43. The van der Waals surface area contributed by atoms with E-state index in [1.165, 1.54) is 10.5 Å². The average Bonchev–Trinajstić information content (AvgIpc) is 3.12. The van der Waals surface area contributed by atoms with E-state index >= 15 is 0 Å². The van der Waals surface area contributed by atoms with Crippen LogP contribution in [0.1, 0.15) is 62.6 Å². The first-order valence-electron chi connectivity index (χ1n) is 9.44. The molecule has 4 rings (SSSR count). The lowest BCUT2D eigenvalue weighted by molar-refractivity contribution is -0.120. The zero-order valence-electron chi connectivity index (χ0n) is 15.6. The maximum Gasteiger partial charge on any atom is 0.261 e. The number of fused-ring (bicyclic) bond motifs is 1. The number of nitrogens with zero attached hydrogens (tertiary/aromatic N) is 2. The van der Waals surface area contributed by atoms with Crippen molar-refractivity contribution in [2.24, 2.45) is 5.16 Å². The molecular weight excluding hydrogens is 328 g/mol. The van der Waals surface area contributed by atoms with Gasteiger partial charge in [-0.3, -0.25) is 9.59 Å². The molecule has 0 saturated carbocycles. The number of anilines is 1. The summed E-state index contributed by atoms with van der Waals surface area (Å²) in [5.41, 5.74) is 6.18. The molecule has 0 unspecified atom stereocenters. The normalized spacial score (nSPS) is 21.1. The Balaban J connectivity index is 1.73. The van der Waals surface area contributed by atoms with E-state index in [1.54, 1.807) is 0 Å². The summed E-state index contributed by atoms with van der Waals surface area (Å²) in [5.74, 6) is -0.273. The Morgan fingerprint density at radius 2 is 1.65 bits per heavy atom. The van der Waals surface area contributed by atoms with Crippen molar-refractivity contribution in [3.63, 3.8) is 0 Å². The van der Waals surface area contributed by atoms with Crippen molar-refractivity contribution < 1.29 is 14.4 Å². The molecule has 1 aromatic rings. The molecule has 0 atom stereocenters. The lowest BCUT2D eigenvalue weighted by Gasteiger charge is -2.19. The van der Waals surface area contributed by atoms with Gasteiger partial charge in [0, 0.05) is 16.7 Å². The molecule has 26 heavy (non-hydrogen) atoms. The van der Waals surface area contributed by atoms with Gasteiger partial charge in [0.1, 0.15) is 6.10 Å². The summed E-state index contributed by atoms with van der Waals surface area (Å²) in [5, 5.41) is 4.29. The summed E-state index contributed by atoms with van der Waals surface area (Å²) >= 11 is 0. The predicted molar refractivity (Wildman–Crippen MR) is 100 cm³/mol. The summed E-state index contributed by atoms with van der Waals surface area (Å²) in [6.07, 6.45) is 5.16. The fraction of sp³-hybridized carbons (Fsp3) is 0.476.